The lowest BCUT2D eigenvalue weighted by atomic mass is 10.1. The zero-order valence-corrected chi connectivity index (χ0v) is 13.3. The molecule has 1 unspecified atom stereocenters. The summed E-state index contributed by atoms with van der Waals surface area (Å²) in [6, 6.07) is 10.0. The minimum absolute atomic E-state index is 0.104. The first-order chi connectivity index (χ1) is 9.39. The highest BCUT2D eigenvalue weighted by molar-refractivity contribution is 8.13. The molecule has 4 nitrogen and oxygen atoms in total. The third-order valence-corrected chi connectivity index (χ3v) is 5.66. The molecule has 0 saturated heterocycles. The van der Waals surface area contributed by atoms with Crippen molar-refractivity contribution in [3.63, 3.8) is 0 Å². The van der Waals surface area contributed by atoms with Crippen LogP contribution in [0.4, 0.5) is 0 Å². The summed E-state index contributed by atoms with van der Waals surface area (Å²) in [5.41, 5.74) is 0.519. The Morgan fingerprint density at radius 1 is 1.25 bits per heavy atom. The molecule has 1 atom stereocenters. The normalized spacial score (nSPS) is 13.2. The first-order valence-electron chi connectivity index (χ1n) is 6.62. The van der Waals surface area contributed by atoms with E-state index in [0.29, 0.717) is 6.42 Å². The molecule has 2 N–H and O–H groups in total. The maximum Gasteiger partial charge on any atom is 0.329 e. The number of carbonyl (C=O) groups excluding carboxylic acids is 1. The maximum absolute atomic E-state index is 11.4. The SMILES string of the molecule is CC(=O)SCC(CCCCc1ccccc1)P(=O)(O)O. The first kappa shape index (κ1) is 17.4. The van der Waals surface area contributed by atoms with E-state index in [-0.39, 0.29) is 10.9 Å². The summed E-state index contributed by atoms with van der Waals surface area (Å²) in [5.74, 6) is 0.199. The zero-order valence-electron chi connectivity index (χ0n) is 11.6. The highest BCUT2D eigenvalue weighted by atomic mass is 32.2. The third-order valence-electron chi connectivity index (χ3n) is 3.05. The number of unbranched alkanes of at least 4 members (excludes halogenated alkanes) is 1. The van der Waals surface area contributed by atoms with Gasteiger partial charge in [0.1, 0.15) is 0 Å². The highest BCUT2D eigenvalue weighted by Crippen LogP contribution is 2.45. The molecule has 0 saturated carbocycles. The fourth-order valence-electron chi connectivity index (χ4n) is 1.92. The number of hydrogen-bond donors (Lipinski definition) is 2. The Balaban J connectivity index is 2.35. The molecule has 1 aromatic rings. The second kappa shape index (κ2) is 8.63. The van der Waals surface area contributed by atoms with Gasteiger partial charge in [0.25, 0.3) is 0 Å². The monoisotopic (exact) mass is 316 g/mol. The molecule has 0 bridgehead atoms. The van der Waals surface area contributed by atoms with Crippen molar-refractivity contribution >= 4 is 24.5 Å². The van der Waals surface area contributed by atoms with Crippen molar-refractivity contribution in [2.45, 2.75) is 38.3 Å². The highest BCUT2D eigenvalue weighted by Gasteiger charge is 2.28. The van der Waals surface area contributed by atoms with Gasteiger partial charge in [-0.1, -0.05) is 48.5 Å². The van der Waals surface area contributed by atoms with E-state index in [1.165, 1.54) is 12.5 Å². The average Bonchev–Trinajstić information content (AvgIpc) is 2.37. The van der Waals surface area contributed by atoms with Gasteiger partial charge in [0.2, 0.25) is 0 Å². The van der Waals surface area contributed by atoms with Crippen LogP contribution in [0.5, 0.6) is 0 Å². The number of hydrogen-bond acceptors (Lipinski definition) is 3. The molecule has 0 heterocycles. The number of aryl methyl sites for hydroxylation is 1. The van der Waals surface area contributed by atoms with E-state index >= 15 is 0 Å². The first-order valence-corrected chi connectivity index (χ1v) is 9.29. The van der Waals surface area contributed by atoms with E-state index in [9.17, 15) is 19.1 Å². The van der Waals surface area contributed by atoms with Crippen molar-refractivity contribution < 1.29 is 19.1 Å². The zero-order chi connectivity index (χ0) is 15.0. The predicted octanol–water partition coefficient (Wildman–Crippen LogP) is 3.23. The van der Waals surface area contributed by atoms with Gasteiger partial charge in [-0.15, -0.1) is 0 Å². The van der Waals surface area contributed by atoms with Crippen molar-refractivity contribution in [2.75, 3.05) is 5.75 Å². The van der Waals surface area contributed by atoms with Gasteiger partial charge in [0, 0.05) is 12.7 Å². The predicted molar refractivity (Wildman–Crippen MR) is 83.0 cm³/mol. The molecule has 0 aliphatic heterocycles. The van der Waals surface area contributed by atoms with Crippen LogP contribution in [0, 0.1) is 0 Å². The molecular weight excluding hydrogens is 295 g/mol. The van der Waals surface area contributed by atoms with Crippen LogP contribution in [-0.2, 0) is 15.8 Å². The lowest BCUT2D eigenvalue weighted by molar-refractivity contribution is -0.109. The van der Waals surface area contributed by atoms with Crippen LogP contribution >= 0.6 is 19.4 Å². The quantitative estimate of drug-likeness (QED) is 0.569. The molecule has 112 valence electrons. The lowest BCUT2D eigenvalue weighted by Crippen LogP contribution is -2.13. The van der Waals surface area contributed by atoms with E-state index in [1.54, 1.807) is 0 Å². The minimum atomic E-state index is -4.12. The van der Waals surface area contributed by atoms with Gasteiger partial charge in [-0.3, -0.25) is 9.36 Å². The van der Waals surface area contributed by atoms with E-state index < -0.39 is 13.3 Å². The van der Waals surface area contributed by atoms with Gasteiger partial charge in [-0.2, -0.15) is 0 Å². The van der Waals surface area contributed by atoms with Gasteiger partial charge < -0.3 is 9.79 Å². The molecule has 0 amide bonds. The summed E-state index contributed by atoms with van der Waals surface area (Å²) in [6.07, 6.45) is 3.01. The largest absolute Gasteiger partial charge is 0.329 e. The summed E-state index contributed by atoms with van der Waals surface area (Å²) < 4.78 is 11.4. The fourth-order valence-corrected chi connectivity index (χ4v) is 4.03. The van der Waals surface area contributed by atoms with Crippen LogP contribution in [0.2, 0.25) is 0 Å². The standard InChI is InChI=1S/C14H21O4PS/c1-12(15)20-11-14(19(16,17)18)10-6-5-9-13-7-3-2-4-8-13/h2-4,7-8,14H,5-6,9-11H2,1H3,(H2,16,17,18). The van der Waals surface area contributed by atoms with Gasteiger partial charge in [-0.25, -0.2) is 0 Å². The van der Waals surface area contributed by atoms with Crippen LogP contribution in [0.3, 0.4) is 0 Å². The van der Waals surface area contributed by atoms with Crippen molar-refractivity contribution in [3.8, 4) is 0 Å². The molecule has 0 aromatic heterocycles. The van der Waals surface area contributed by atoms with Gasteiger partial charge in [0.05, 0.1) is 5.66 Å². The molecule has 0 aliphatic carbocycles. The van der Waals surface area contributed by atoms with Crippen LogP contribution in [0.1, 0.15) is 31.7 Å². The Labute approximate surface area is 124 Å². The number of thioether (sulfide) groups is 1. The lowest BCUT2D eigenvalue weighted by Gasteiger charge is -2.17. The smallest absolute Gasteiger partial charge is 0.324 e. The van der Waals surface area contributed by atoms with E-state index in [2.05, 4.69) is 0 Å². The summed E-state index contributed by atoms with van der Waals surface area (Å²) in [4.78, 5) is 29.5. The van der Waals surface area contributed by atoms with Gasteiger partial charge >= 0.3 is 7.60 Å². The maximum atomic E-state index is 11.4. The second-order valence-corrected chi connectivity index (χ2v) is 7.88. The Morgan fingerprint density at radius 2 is 1.90 bits per heavy atom. The number of carbonyl (C=O) groups is 1. The summed E-state index contributed by atoms with van der Waals surface area (Å²) in [5, 5.41) is -0.104. The molecule has 20 heavy (non-hydrogen) atoms. The molecule has 0 aliphatic rings. The van der Waals surface area contributed by atoms with E-state index in [1.807, 2.05) is 30.3 Å². The van der Waals surface area contributed by atoms with E-state index in [0.717, 1.165) is 31.0 Å². The summed E-state index contributed by atoms with van der Waals surface area (Å²) in [7, 11) is -4.12. The Kier molecular flexibility index (Phi) is 7.52. The Bertz CT molecular complexity index is 458. The average molecular weight is 316 g/mol. The van der Waals surface area contributed by atoms with Crippen LogP contribution < -0.4 is 0 Å². The van der Waals surface area contributed by atoms with Crippen molar-refractivity contribution in [1.29, 1.82) is 0 Å². The molecule has 0 radical (unpaired) electrons. The van der Waals surface area contributed by atoms with Crippen molar-refractivity contribution in [1.82, 2.24) is 0 Å². The Hall–Kier alpha value is -0.610. The van der Waals surface area contributed by atoms with Gasteiger partial charge in [-0.05, 0) is 24.8 Å². The van der Waals surface area contributed by atoms with Crippen LogP contribution in [-0.4, -0.2) is 26.3 Å². The molecular formula is C14H21O4PS. The molecule has 0 fully saturated rings. The molecule has 1 rings (SSSR count). The summed E-state index contributed by atoms with van der Waals surface area (Å²) >= 11 is 0.990. The van der Waals surface area contributed by atoms with Crippen molar-refractivity contribution in [3.05, 3.63) is 35.9 Å². The van der Waals surface area contributed by atoms with Gasteiger partial charge in [0.15, 0.2) is 5.12 Å². The fraction of sp³-hybridized carbons (Fsp3) is 0.500. The van der Waals surface area contributed by atoms with Crippen LogP contribution in [0.15, 0.2) is 30.3 Å². The topological polar surface area (TPSA) is 74.6 Å². The van der Waals surface area contributed by atoms with E-state index in [4.69, 9.17) is 0 Å². The summed E-state index contributed by atoms with van der Waals surface area (Å²) in [6.45, 7) is 1.41. The molecule has 1 aromatic carbocycles. The number of rotatable bonds is 8. The Morgan fingerprint density at radius 3 is 2.45 bits per heavy atom. The number of benzene rings is 1. The van der Waals surface area contributed by atoms with Crippen molar-refractivity contribution in [2.24, 2.45) is 0 Å². The third kappa shape index (κ3) is 7.25. The van der Waals surface area contributed by atoms with Crippen LogP contribution in [0.25, 0.3) is 0 Å². The molecule has 6 heteroatoms. The second-order valence-electron chi connectivity index (χ2n) is 4.78. The minimum Gasteiger partial charge on any atom is -0.324 e. The molecule has 0 spiro atoms.